The SMILES string of the molecule is COc1ccc(-c2csc3ncnc(NC[C@H](O)c4ccc([N+](=O)[O-])cc4)c23)cc1. The van der Waals surface area contributed by atoms with Gasteiger partial charge in [-0.15, -0.1) is 11.3 Å². The Labute approximate surface area is 176 Å². The molecule has 8 nitrogen and oxygen atoms in total. The zero-order chi connectivity index (χ0) is 21.1. The Balaban J connectivity index is 1.58. The van der Waals surface area contributed by atoms with Crippen LogP contribution in [0.25, 0.3) is 21.3 Å². The van der Waals surface area contributed by atoms with E-state index >= 15 is 0 Å². The first kappa shape index (κ1) is 19.7. The number of aromatic nitrogens is 2. The number of rotatable bonds is 7. The number of hydrogen-bond donors (Lipinski definition) is 2. The topological polar surface area (TPSA) is 110 Å². The van der Waals surface area contributed by atoms with Crippen molar-refractivity contribution >= 4 is 33.1 Å². The molecule has 4 aromatic rings. The third-order valence-electron chi connectivity index (χ3n) is 4.72. The molecule has 2 aromatic carbocycles. The molecule has 0 aliphatic carbocycles. The third-order valence-corrected chi connectivity index (χ3v) is 5.61. The number of fused-ring (bicyclic) bond motifs is 1. The lowest BCUT2D eigenvalue weighted by atomic mass is 10.1. The Morgan fingerprint density at radius 3 is 2.57 bits per heavy atom. The van der Waals surface area contributed by atoms with Gasteiger partial charge in [0.15, 0.2) is 0 Å². The number of non-ortho nitro benzene ring substituents is 1. The van der Waals surface area contributed by atoms with Crippen molar-refractivity contribution in [2.75, 3.05) is 19.0 Å². The molecule has 30 heavy (non-hydrogen) atoms. The van der Waals surface area contributed by atoms with Gasteiger partial charge in [-0.3, -0.25) is 10.1 Å². The average molecular weight is 422 g/mol. The number of nitrogens with one attached hydrogen (secondary N) is 1. The van der Waals surface area contributed by atoms with Gasteiger partial charge in [-0.1, -0.05) is 12.1 Å². The lowest BCUT2D eigenvalue weighted by Crippen LogP contribution is -2.13. The van der Waals surface area contributed by atoms with Crippen molar-refractivity contribution in [1.82, 2.24) is 9.97 Å². The molecule has 0 bridgehead atoms. The number of hydrogen-bond acceptors (Lipinski definition) is 8. The fourth-order valence-electron chi connectivity index (χ4n) is 3.12. The smallest absolute Gasteiger partial charge is 0.269 e. The van der Waals surface area contributed by atoms with E-state index in [0.29, 0.717) is 11.4 Å². The van der Waals surface area contributed by atoms with Gasteiger partial charge in [0.1, 0.15) is 22.7 Å². The van der Waals surface area contributed by atoms with E-state index in [-0.39, 0.29) is 12.2 Å². The van der Waals surface area contributed by atoms with Crippen LogP contribution < -0.4 is 10.1 Å². The van der Waals surface area contributed by atoms with E-state index in [4.69, 9.17) is 4.74 Å². The van der Waals surface area contributed by atoms with Gasteiger partial charge < -0.3 is 15.2 Å². The van der Waals surface area contributed by atoms with Crippen LogP contribution in [0, 0.1) is 10.1 Å². The number of nitrogens with zero attached hydrogens (tertiary/aromatic N) is 3. The number of benzene rings is 2. The average Bonchev–Trinajstić information content (AvgIpc) is 3.22. The van der Waals surface area contributed by atoms with E-state index in [1.165, 1.54) is 29.8 Å². The molecule has 2 aromatic heterocycles. The van der Waals surface area contributed by atoms with E-state index in [1.807, 2.05) is 29.6 Å². The molecule has 1 atom stereocenters. The molecule has 0 aliphatic heterocycles. The third kappa shape index (κ3) is 3.93. The predicted octanol–water partition coefficient (Wildman–Crippen LogP) is 4.42. The molecule has 4 rings (SSSR count). The normalized spacial score (nSPS) is 11.9. The number of ether oxygens (including phenoxy) is 1. The quantitative estimate of drug-likeness (QED) is 0.335. The summed E-state index contributed by atoms with van der Waals surface area (Å²) in [6.45, 7) is 0.196. The molecular formula is C21H18N4O4S. The molecule has 0 unspecified atom stereocenters. The van der Waals surface area contributed by atoms with Gasteiger partial charge in [0.25, 0.3) is 5.69 Å². The van der Waals surface area contributed by atoms with Gasteiger partial charge in [0, 0.05) is 29.6 Å². The van der Waals surface area contributed by atoms with Gasteiger partial charge in [-0.25, -0.2) is 9.97 Å². The summed E-state index contributed by atoms with van der Waals surface area (Å²) in [7, 11) is 1.63. The van der Waals surface area contributed by atoms with Crippen LogP contribution in [-0.4, -0.2) is 33.7 Å². The number of anilines is 1. The van der Waals surface area contributed by atoms with Crippen LogP contribution in [0.15, 0.2) is 60.2 Å². The van der Waals surface area contributed by atoms with Crippen molar-refractivity contribution < 1.29 is 14.8 Å². The van der Waals surface area contributed by atoms with Crippen molar-refractivity contribution in [2.45, 2.75) is 6.10 Å². The molecule has 2 N–H and O–H groups in total. The summed E-state index contributed by atoms with van der Waals surface area (Å²) >= 11 is 1.52. The molecule has 0 fully saturated rings. The number of nitro groups is 1. The summed E-state index contributed by atoms with van der Waals surface area (Å²) in [6, 6.07) is 13.6. The maximum absolute atomic E-state index is 10.8. The molecule has 0 radical (unpaired) electrons. The Kier molecular flexibility index (Phi) is 5.55. The highest BCUT2D eigenvalue weighted by Gasteiger charge is 2.15. The monoisotopic (exact) mass is 422 g/mol. The summed E-state index contributed by atoms with van der Waals surface area (Å²) in [5.74, 6) is 1.40. The largest absolute Gasteiger partial charge is 0.497 e. The van der Waals surface area contributed by atoms with Crippen molar-refractivity contribution in [2.24, 2.45) is 0 Å². The number of methoxy groups -OCH3 is 1. The van der Waals surface area contributed by atoms with E-state index in [0.717, 1.165) is 27.1 Å². The van der Waals surface area contributed by atoms with Crippen molar-refractivity contribution in [3.05, 3.63) is 75.9 Å². The highest BCUT2D eigenvalue weighted by molar-refractivity contribution is 7.17. The predicted molar refractivity (Wildman–Crippen MR) is 116 cm³/mol. The first-order valence-electron chi connectivity index (χ1n) is 9.09. The van der Waals surface area contributed by atoms with Gasteiger partial charge in [-0.2, -0.15) is 0 Å². The minimum absolute atomic E-state index is 0.0150. The molecule has 2 heterocycles. The zero-order valence-corrected chi connectivity index (χ0v) is 16.8. The van der Waals surface area contributed by atoms with Crippen molar-refractivity contribution in [1.29, 1.82) is 0 Å². The van der Waals surface area contributed by atoms with Crippen molar-refractivity contribution in [3.63, 3.8) is 0 Å². The highest BCUT2D eigenvalue weighted by Crippen LogP contribution is 2.37. The van der Waals surface area contributed by atoms with Gasteiger partial charge >= 0.3 is 0 Å². The van der Waals surface area contributed by atoms with Crippen LogP contribution in [0.3, 0.4) is 0 Å². The molecule has 0 aliphatic rings. The van der Waals surface area contributed by atoms with Crippen LogP contribution in [0.4, 0.5) is 11.5 Å². The van der Waals surface area contributed by atoms with Gasteiger partial charge in [0.05, 0.1) is 23.5 Å². The summed E-state index contributed by atoms with van der Waals surface area (Å²) in [4.78, 5) is 19.9. The Hall–Kier alpha value is -3.56. The lowest BCUT2D eigenvalue weighted by molar-refractivity contribution is -0.384. The van der Waals surface area contributed by atoms with E-state index in [1.54, 1.807) is 19.2 Å². The molecule has 0 saturated carbocycles. The van der Waals surface area contributed by atoms with Crippen molar-refractivity contribution in [3.8, 4) is 16.9 Å². The number of aliphatic hydroxyl groups is 1. The highest BCUT2D eigenvalue weighted by atomic mass is 32.1. The van der Waals surface area contributed by atoms with E-state index < -0.39 is 11.0 Å². The van der Waals surface area contributed by atoms with Gasteiger partial charge in [0.2, 0.25) is 0 Å². The van der Waals surface area contributed by atoms with Crippen LogP contribution in [0.2, 0.25) is 0 Å². The van der Waals surface area contributed by atoms with E-state index in [9.17, 15) is 15.2 Å². The Morgan fingerprint density at radius 2 is 1.90 bits per heavy atom. The minimum Gasteiger partial charge on any atom is -0.497 e. The second kappa shape index (κ2) is 8.44. The van der Waals surface area contributed by atoms with Crippen LogP contribution in [0.1, 0.15) is 11.7 Å². The standard InChI is InChI=1S/C21H18N4O4S/c1-29-16-8-4-13(5-9-16)17-11-30-21-19(17)20(23-12-24-21)22-10-18(26)14-2-6-15(7-3-14)25(27)28/h2-9,11-12,18,26H,10H2,1H3,(H,22,23,24)/t18-/m0/s1. The Morgan fingerprint density at radius 1 is 1.17 bits per heavy atom. The number of aliphatic hydroxyl groups excluding tert-OH is 1. The van der Waals surface area contributed by atoms with E-state index in [2.05, 4.69) is 15.3 Å². The Bertz CT molecular complexity index is 1180. The molecule has 0 saturated heterocycles. The van der Waals surface area contributed by atoms with Crippen LogP contribution in [0.5, 0.6) is 5.75 Å². The summed E-state index contributed by atoms with van der Waals surface area (Å²) in [5.41, 5.74) is 2.57. The lowest BCUT2D eigenvalue weighted by Gasteiger charge is -2.14. The first-order valence-corrected chi connectivity index (χ1v) is 9.97. The molecular weight excluding hydrogens is 404 g/mol. The molecule has 0 amide bonds. The maximum atomic E-state index is 10.8. The first-order chi connectivity index (χ1) is 14.6. The van der Waals surface area contributed by atoms with Crippen LogP contribution >= 0.6 is 11.3 Å². The second-order valence-electron chi connectivity index (χ2n) is 6.53. The zero-order valence-electron chi connectivity index (χ0n) is 16.0. The summed E-state index contributed by atoms with van der Waals surface area (Å²) < 4.78 is 5.23. The second-order valence-corrected chi connectivity index (χ2v) is 7.38. The van der Waals surface area contributed by atoms with Gasteiger partial charge in [-0.05, 0) is 35.4 Å². The maximum Gasteiger partial charge on any atom is 0.269 e. The fourth-order valence-corrected chi connectivity index (χ4v) is 4.04. The summed E-state index contributed by atoms with van der Waals surface area (Å²) in [5, 5.41) is 27.4. The number of nitro benzene ring substituents is 1. The minimum atomic E-state index is -0.848. The number of thiophene rings is 1. The van der Waals surface area contributed by atoms with Crippen LogP contribution in [-0.2, 0) is 0 Å². The molecule has 0 spiro atoms. The summed E-state index contributed by atoms with van der Waals surface area (Å²) in [6.07, 6.45) is 0.635. The fraction of sp³-hybridized carbons (Fsp3) is 0.143. The molecule has 152 valence electrons. The molecule has 9 heteroatoms.